The molecule has 0 radical (unpaired) electrons. The number of hydrogen-bond donors (Lipinski definition) is 0. The molecule has 0 bridgehead atoms. The Kier molecular flexibility index (Phi) is 2.53. The van der Waals surface area contributed by atoms with Gasteiger partial charge in [0.15, 0.2) is 0 Å². The molecule has 2 heterocycles. The lowest BCUT2D eigenvalue weighted by molar-refractivity contribution is 0.316. The Morgan fingerprint density at radius 3 is 2.72 bits per heavy atom. The van der Waals surface area contributed by atoms with Crippen molar-refractivity contribution in [3.05, 3.63) is 29.8 Å². The summed E-state index contributed by atoms with van der Waals surface area (Å²) in [7, 11) is 0. The molecule has 3 heteroatoms. The summed E-state index contributed by atoms with van der Waals surface area (Å²) in [4.78, 5) is 7.52. The first-order chi connectivity index (χ1) is 8.50. The molecule has 0 aliphatic carbocycles. The molecule has 0 saturated heterocycles. The lowest BCUT2D eigenvalue weighted by atomic mass is 9.77. The number of rotatable bonds is 1. The predicted octanol–water partition coefficient (Wildman–Crippen LogP) is 3.67. The molecule has 3 rings (SSSR count). The second-order valence-electron chi connectivity index (χ2n) is 5.69. The highest BCUT2D eigenvalue weighted by atomic mass is 32.2. The third-order valence-corrected chi connectivity index (χ3v) is 5.37. The molecule has 1 aromatic rings. The van der Waals surface area contributed by atoms with Crippen LogP contribution in [0.1, 0.15) is 33.3 Å². The van der Waals surface area contributed by atoms with E-state index in [9.17, 15) is 0 Å². The summed E-state index contributed by atoms with van der Waals surface area (Å²) in [5.74, 6) is 1.10. The third kappa shape index (κ3) is 1.34. The van der Waals surface area contributed by atoms with E-state index in [4.69, 9.17) is 4.99 Å². The smallest absolute Gasteiger partial charge is 0.139 e. The zero-order valence-electron chi connectivity index (χ0n) is 11.5. The van der Waals surface area contributed by atoms with Crippen LogP contribution < -0.4 is 4.90 Å². The van der Waals surface area contributed by atoms with E-state index in [1.54, 1.807) is 0 Å². The Morgan fingerprint density at radius 2 is 2.00 bits per heavy atom. The number of nitrogens with zero attached hydrogens (tertiary/aromatic N) is 2. The fraction of sp³-hybridized carbons (Fsp3) is 0.533. The first-order valence-corrected chi connectivity index (χ1v) is 7.58. The van der Waals surface area contributed by atoms with Crippen LogP contribution in [0.4, 0.5) is 5.69 Å². The van der Waals surface area contributed by atoms with Crippen molar-refractivity contribution in [2.75, 3.05) is 17.2 Å². The molecule has 0 aromatic heterocycles. The van der Waals surface area contributed by atoms with Gasteiger partial charge in [0.25, 0.3) is 0 Å². The third-order valence-electron chi connectivity index (χ3n) is 4.52. The van der Waals surface area contributed by atoms with Crippen molar-refractivity contribution < 1.29 is 0 Å². The maximum atomic E-state index is 5.04. The Balaban J connectivity index is 2.11. The van der Waals surface area contributed by atoms with Gasteiger partial charge in [0.05, 0.1) is 11.6 Å². The maximum absolute atomic E-state index is 5.04. The van der Waals surface area contributed by atoms with Crippen molar-refractivity contribution in [2.45, 2.75) is 38.8 Å². The largest absolute Gasteiger partial charge is 0.340 e. The molecule has 1 aromatic carbocycles. The number of fused-ring (bicyclic) bond motifs is 3. The molecule has 2 aliphatic rings. The van der Waals surface area contributed by atoms with Crippen LogP contribution >= 0.6 is 11.8 Å². The van der Waals surface area contributed by atoms with Gasteiger partial charge >= 0.3 is 0 Å². The van der Waals surface area contributed by atoms with Gasteiger partial charge in [-0.25, -0.2) is 0 Å². The average Bonchev–Trinajstić information content (AvgIpc) is 2.74. The molecule has 0 saturated carbocycles. The van der Waals surface area contributed by atoms with Gasteiger partial charge in [0.2, 0.25) is 0 Å². The Labute approximate surface area is 113 Å². The first kappa shape index (κ1) is 12.1. The van der Waals surface area contributed by atoms with E-state index in [-0.39, 0.29) is 11.1 Å². The van der Waals surface area contributed by atoms with Crippen molar-refractivity contribution in [2.24, 2.45) is 4.99 Å². The molecule has 1 unspecified atom stereocenters. The molecule has 2 aliphatic heterocycles. The van der Waals surface area contributed by atoms with E-state index in [1.807, 2.05) is 11.8 Å². The molecule has 0 amide bonds. The fourth-order valence-electron chi connectivity index (χ4n) is 3.16. The summed E-state index contributed by atoms with van der Waals surface area (Å²) in [5.41, 5.74) is 2.74. The van der Waals surface area contributed by atoms with E-state index in [2.05, 4.69) is 56.9 Å². The van der Waals surface area contributed by atoms with Crippen LogP contribution in [0.15, 0.2) is 29.3 Å². The Hall–Kier alpha value is -0.960. The lowest BCUT2D eigenvalue weighted by Gasteiger charge is -2.37. The molecule has 1 atom stereocenters. The average molecular weight is 260 g/mol. The molecule has 18 heavy (non-hydrogen) atoms. The monoisotopic (exact) mass is 260 g/mol. The minimum Gasteiger partial charge on any atom is -0.340 e. The summed E-state index contributed by atoms with van der Waals surface area (Å²) in [6, 6.07) is 8.75. The minimum atomic E-state index is -0.117. The molecule has 0 N–H and O–H groups in total. The van der Waals surface area contributed by atoms with Gasteiger partial charge in [-0.15, -0.1) is 11.8 Å². The van der Waals surface area contributed by atoms with Crippen molar-refractivity contribution in [3.63, 3.8) is 0 Å². The molecular formula is C15H20N2S. The first-order valence-electron chi connectivity index (χ1n) is 6.59. The van der Waals surface area contributed by atoms with Crippen molar-refractivity contribution in [1.82, 2.24) is 0 Å². The fourth-order valence-corrected chi connectivity index (χ4v) is 3.96. The van der Waals surface area contributed by atoms with Gasteiger partial charge in [-0.1, -0.05) is 39.0 Å². The van der Waals surface area contributed by atoms with Crippen molar-refractivity contribution in [3.8, 4) is 0 Å². The van der Waals surface area contributed by atoms with Crippen LogP contribution in [-0.2, 0) is 5.41 Å². The normalized spacial score (nSPS) is 28.0. The summed E-state index contributed by atoms with van der Waals surface area (Å²) in [6.07, 6.45) is 0. The zero-order valence-corrected chi connectivity index (χ0v) is 12.3. The summed E-state index contributed by atoms with van der Waals surface area (Å²) < 4.78 is 0. The van der Waals surface area contributed by atoms with Crippen LogP contribution in [0.5, 0.6) is 0 Å². The summed E-state index contributed by atoms with van der Waals surface area (Å²) in [5, 5.41) is 1.28. The van der Waals surface area contributed by atoms with E-state index in [1.165, 1.54) is 16.3 Å². The maximum Gasteiger partial charge on any atom is 0.139 e. The minimum absolute atomic E-state index is 0.0691. The van der Waals surface area contributed by atoms with Crippen molar-refractivity contribution >= 4 is 22.5 Å². The number of hydrogen-bond acceptors (Lipinski definition) is 3. The second-order valence-corrected chi connectivity index (χ2v) is 7.02. The van der Waals surface area contributed by atoms with Crippen LogP contribution in [0.25, 0.3) is 0 Å². The van der Waals surface area contributed by atoms with Crippen LogP contribution in [0.3, 0.4) is 0 Å². The second kappa shape index (κ2) is 3.77. The van der Waals surface area contributed by atoms with E-state index in [0.717, 1.165) is 12.3 Å². The summed E-state index contributed by atoms with van der Waals surface area (Å²) >= 11 is 1.88. The number of anilines is 1. The van der Waals surface area contributed by atoms with Gasteiger partial charge in [-0.3, -0.25) is 4.99 Å². The van der Waals surface area contributed by atoms with Crippen LogP contribution in [-0.4, -0.2) is 23.0 Å². The highest BCUT2D eigenvalue weighted by Crippen LogP contribution is 2.54. The number of thioether (sulfide) groups is 1. The van der Waals surface area contributed by atoms with E-state index in [0.29, 0.717) is 0 Å². The van der Waals surface area contributed by atoms with Crippen LogP contribution in [0, 0.1) is 0 Å². The molecule has 2 nitrogen and oxygen atoms in total. The highest BCUT2D eigenvalue weighted by molar-refractivity contribution is 8.14. The van der Waals surface area contributed by atoms with Gasteiger partial charge in [0.1, 0.15) is 5.66 Å². The molecular weight excluding hydrogens is 240 g/mol. The predicted molar refractivity (Wildman–Crippen MR) is 80.8 cm³/mol. The van der Waals surface area contributed by atoms with Crippen molar-refractivity contribution in [1.29, 1.82) is 0 Å². The van der Waals surface area contributed by atoms with Gasteiger partial charge in [0, 0.05) is 11.1 Å². The van der Waals surface area contributed by atoms with Gasteiger partial charge < -0.3 is 4.90 Å². The Bertz CT molecular complexity index is 521. The van der Waals surface area contributed by atoms with E-state index >= 15 is 0 Å². The Morgan fingerprint density at radius 1 is 1.28 bits per heavy atom. The zero-order chi connectivity index (χ0) is 13.0. The highest BCUT2D eigenvalue weighted by Gasteiger charge is 2.56. The topological polar surface area (TPSA) is 15.6 Å². The molecule has 0 fully saturated rings. The number of para-hydroxylation sites is 1. The quantitative estimate of drug-likeness (QED) is 0.765. The lowest BCUT2D eigenvalue weighted by Crippen LogP contribution is -2.48. The summed E-state index contributed by atoms with van der Waals surface area (Å²) in [6.45, 7) is 10.1. The molecule has 0 spiro atoms. The SMILES string of the molecule is CCSC1=NC2(C)N(C1)c1ccccc1C2(C)C. The van der Waals surface area contributed by atoms with Gasteiger partial charge in [-0.2, -0.15) is 0 Å². The van der Waals surface area contributed by atoms with Crippen LogP contribution in [0.2, 0.25) is 0 Å². The number of benzene rings is 1. The van der Waals surface area contributed by atoms with Gasteiger partial charge in [-0.05, 0) is 24.3 Å². The standard InChI is InChI=1S/C15H20N2S/c1-5-18-13-10-17-12-9-7-6-8-11(12)14(2,3)15(17,4)16-13/h6-9H,5,10H2,1-4H3. The number of aliphatic imine (C=N–C) groups is 1. The molecule has 96 valence electrons. The van der Waals surface area contributed by atoms with E-state index < -0.39 is 0 Å².